The van der Waals surface area contributed by atoms with Crippen LogP contribution in [-0.4, -0.2) is 32.3 Å². The van der Waals surface area contributed by atoms with Gasteiger partial charge in [0.2, 0.25) is 5.91 Å². The summed E-state index contributed by atoms with van der Waals surface area (Å²) >= 11 is 1.31. The fraction of sp³-hybridized carbons (Fsp3) is 0.273. The molecule has 0 spiro atoms. The number of nitrogens with one attached hydrogen (secondary N) is 2. The third-order valence-electron chi connectivity index (χ3n) is 4.63. The van der Waals surface area contributed by atoms with E-state index in [2.05, 4.69) is 20.8 Å². The molecule has 0 saturated carbocycles. The Morgan fingerprint density at radius 1 is 1.10 bits per heavy atom. The van der Waals surface area contributed by atoms with Crippen molar-refractivity contribution in [2.75, 3.05) is 11.1 Å². The van der Waals surface area contributed by atoms with E-state index in [1.807, 2.05) is 45.2 Å². The van der Waals surface area contributed by atoms with Crippen molar-refractivity contribution in [2.45, 2.75) is 31.5 Å². The lowest BCUT2D eigenvalue weighted by Crippen LogP contribution is -2.28. The number of carbonyl (C=O) groups is 2. The Morgan fingerprint density at radius 3 is 2.40 bits per heavy atom. The van der Waals surface area contributed by atoms with Gasteiger partial charge in [0.05, 0.1) is 11.8 Å². The van der Waals surface area contributed by atoms with Crippen LogP contribution in [0, 0.1) is 6.92 Å². The molecule has 2 amide bonds. The zero-order valence-electron chi connectivity index (χ0n) is 17.3. The van der Waals surface area contributed by atoms with Crippen molar-refractivity contribution in [3.05, 3.63) is 71.5 Å². The molecule has 0 aliphatic carbocycles. The molecule has 2 aromatic carbocycles. The van der Waals surface area contributed by atoms with E-state index in [0.29, 0.717) is 16.4 Å². The molecule has 8 heteroatoms. The standard InChI is InChI=1S/C22H25N5O2S/c1-4-19(16-7-5-15(2)6-8-16)25-21(29)17-9-11-18(12-10-17)24-20(28)13-30-22-26-23-14-27(22)3/h5-12,14,19H,4,13H2,1-3H3,(H,24,28)(H,25,29)/t19-/m1/s1. The number of rotatable bonds is 8. The van der Waals surface area contributed by atoms with Crippen molar-refractivity contribution in [3.63, 3.8) is 0 Å². The van der Waals surface area contributed by atoms with Crippen LogP contribution < -0.4 is 10.6 Å². The summed E-state index contributed by atoms with van der Waals surface area (Å²) < 4.78 is 1.76. The molecule has 2 N–H and O–H groups in total. The zero-order valence-corrected chi connectivity index (χ0v) is 18.1. The molecule has 0 unspecified atom stereocenters. The van der Waals surface area contributed by atoms with Crippen LogP contribution in [-0.2, 0) is 11.8 Å². The van der Waals surface area contributed by atoms with Crippen molar-refractivity contribution in [1.82, 2.24) is 20.1 Å². The first kappa shape index (κ1) is 21.6. The van der Waals surface area contributed by atoms with Crippen LogP contribution in [0.15, 0.2) is 60.0 Å². The summed E-state index contributed by atoms with van der Waals surface area (Å²) in [6.07, 6.45) is 2.39. The maximum atomic E-state index is 12.6. The maximum Gasteiger partial charge on any atom is 0.251 e. The minimum atomic E-state index is -0.148. The Labute approximate surface area is 180 Å². The molecule has 0 aliphatic heterocycles. The summed E-state index contributed by atoms with van der Waals surface area (Å²) in [5.41, 5.74) is 3.46. The number of benzene rings is 2. The van der Waals surface area contributed by atoms with Gasteiger partial charge in [-0.05, 0) is 43.2 Å². The van der Waals surface area contributed by atoms with Crippen molar-refractivity contribution in [3.8, 4) is 0 Å². The lowest BCUT2D eigenvalue weighted by atomic mass is 10.0. The van der Waals surface area contributed by atoms with Gasteiger partial charge in [0.25, 0.3) is 5.91 Å². The fourth-order valence-corrected chi connectivity index (χ4v) is 3.58. The van der Waals surface area contributed by atoms with Gasteiger partial charge in [0.15, 0.2) is 5.16 Å². The second-order valence-electron chi connectivity index (χ2n) is 6.98. The smallest absolute Gasteiger partial charge is 0.251 e. The first-order chi connectivity index (χ1) is 14.5. The molecule has 1 atom stereocenters. The number of hydrogen-bond acceptors (Lipinski definition) is 5. The number of aromatic nitrogens is 3. The van der Waals surface area contributed by atoms with Gasteiger partial charge < -0.3 is 15.2 Å². The summed E-state index contributed by atoms with van der Waals surface area (Å²) in [6.45, 7) is 4.08. The monoisotopic (exact) mass is 423 g/mol. The normalized spacial score (nSPS) is 11.7. The van der Waals surface area contributed by atoms with E-state index in [-0.39, 0.29) is 23.6 Å². The first-order valence-electron chi connectivity index (χ1n) is 9.70. The summed E-state index contributed by atoms with van der Waals surface area (Å²) in [5.74, 6) is -0.0625. The van der Waals surface area contributed by atoms with Crippen LogP contribution in [0.2, 0.25) is 0 Å². The molecule has 3 rings (SSSR count). The third-order valence-corrected chi connectivity index (χ3v) is 5.66. The lowest BCUT2D eigenvalue weighted by Gasteiger charge is -2.18. The number of hydrogen-bond donors (Lipinski definition) is 2. The molecule has 7 nitrogen and oxygen atoms in total. The zero-order chi connectivity index (χ0) is 21.5. The summed E-state index contributed by atoms with van der Waals surface area (Å²) in [4.78, 5) is 24.8. The van der Waals surface area contributed by atoms with E-state index in [1.165, 1.54) is 17.3 Å². The molecule has 30 heavy (non-hydrogen) atoms. The minimum Gasteiger partial charge on any atom is -0.345 e. The molecular formula is C22H25N5O2S. The number of carbonyl (C=O) groups excluding carboxylic acids is 2. The van der Waals surface area contributed by atoms with Crippen LogP contribution >= 0.6 is 11.8 Å². The lowest BCUT2D eigenvalue weighted by molar-refractivity contribution is -0.113. The summed E-state index contributed by atoms with van der Waals surface area (Å²) in [6, 6.07) is 15.0. The largest absolute Gasteiger partial charge is 0.345 e. The van der Waals surface area contributed by atoms with E-state index in [9.17, 15) is 9.59 Å². The van der Waals surface area contributed by atoms with Gasteiger partial charge in [-0.15, -0.1) is 10.2 Å². The molecule has 0 bridgehead atoms. The predicted molar refractivity (Wildman–Crippen MR) is 118 cm³/mol. The average molecular weight is 424 g/mol. The van der Waals surface area contributed by atoms with Gasteiger partial charge in [-0.25, -0.2) is 0 Å². The highest BCUT2D eigenvalue weighted by Gasteiger charge is 2.14. The van der Waals surface area contributed by atoms with Gasteiger partial charge in [-0.2, -0.15) is 0 Å². The number of amides is 2. The van der Waals surface area contributed by atoms with Gasteiger partial charge in [0, 0.05) is 18.3 Å². The Balaban J connectivity index is 1.55. The fourth-order valence-electron chi connectivity index (χ4n) is 2.90. The second kappa shape index (κ2) is 10.1. The molecular weight excluding hydrogens is 398 g/mol. The maximum absolute atomic E-state index is 12.6. The van der Waals surface area contributed by atoms with Crippen LogP contribution in [0.5, 0.6) is 0 Å². The average Bonchev–Trinajstić information content (AvgIpc) is 3.16. The van der Waals surface area contributed by atoms with Gasteiger partial charge in [-0.3, -0.25) is 9.59 Å². The third kappa shape index (κ3) is 5.70. The van der Waals surface area contributed by atoms with E-state index >= 15 is 0 Å². The summed E-state index contributed by atoms with van der Waals surface area (Å²) in [5, 5.41) is 14.3. The topological polar surface area (TPSA) is 88.9 Å². The highest BCUT2D eigenvalue weighted by Crippen LogP contribution is 2.19. The predicted octanol–water partition coefficient (Wildman–Crippen LogP) is 3.74. The van der Waals surface area contributed by atoms with E-state index in [1.54, 1.807) is 35.2 Å². The van der Waals surface area contributed by atoms with Crippen molar-refractivity contribution in [2.24, 2.45) is 7.05 Å². The Bertz CT molecular complexity index is 999. The highest BCUT2D eigenvalue weighted by molar-refractivity contribution is 7.99. The van der Waals surface area contributed by atoms with Gasteiger partial charge in [0.1, 0.15) is 6.33 Å². The quantitative estimate of drug-likeness (QED) is 0.539. The van der Waals surface area contributed by atoms with Crippen molar-refractivity contribution < 1.29 is 9.59 Å². The van der Waals surface area contributed by atoms with Crippen LogP contribution in [0.1, 0.15) is 40.9 Å². The highest BCUT2D eigenvalue weighted by atomic mass is 32.2. The number of anilines is 1. The molecule has 156 valence electrons. The van der Waals surface area contributed by atoms with E-state index in [0.717, 1.165) is 12.0 Å². The van der Waals surface area contributed by atoms with Crippen LogP contribution in [0.25, 0.3) is 0 Å². The molecule has 0 saturated heterocycles. The molecule has 1 aromatic heterocycles. The molecule has 0 fully saturated rings. The Hall–Kier alpha value is -3.13. The SMILES string of the molecule is CC[C@@H](NC(=O)c1ccc(NC(=O)CSc2nncn2C)cc1)c1ccc(C)cc1. The van der Waals surface area contributed by atoms with Crippen LogP contribution in [0.3, 0.4) is 0 Å². The van der Waals surface area contributed by atoms with Crippen molar-refractivity contribution >= 4 is 29.3 Å². The molecule has 0 aliphatic rings. The van der Waals surface area contributed by atoms with Gasteiger partial charge >= 0.3 is 0 Å². The number of thioether (sulfide) groups is 1. The van der Waals surface area contributed by atoms with Crippen LogP contribution in [0.4, 0.5) is 5.69 Å². The number of aryl methyl sites for hydroxylation is 2. The Morgan fingerprint density at radius 2 is 1.80 bits per heavy atom. The molecule has 1 heterocycles. The minimum absolute atomic E-state index is 0.0462. The molecule has 0 radical (unpaired) electrons. The van der Waals surface area contributed by atoms with Crippen molar-refractivity contribution in [1.29, 1.82) is 0 Å². The number of nitrogens with zero attached hydrogens (tertiary/aromatic N) is 3. The van der Waals surface area contributed by atoms with E-state index < -0.39 is 0 Å². The summed E-state index contributed by atoms with van der Waals surface area (Å²) in [7, 11) is 1.83. The second-order valence-corrected chi connectivity index (χ2v) is 7.93. The van der Waals surface area contributed by atoms with E-state index in [4.69, 9.17) is 0 Å². The molecule has 3 aromatic rings. The van der Waals surface area contributed by atoms with Gasteiger partial charge in [-0.1, -0.05) is 48.5 Å². The Kier molecular flexibility index (Phi) is 7.24. The first-order valence-corrected chi connectivity index (χ1v) is 10.7.